The number of benzene rings is 2. The van der Waals surface area contributed by atoms with E-state index in [2.05, 4.69) is 23.6 Å². The number of rotatable bonds is 3. The Morgan fingerprint density at radius 1 is 1.18 bits per heavy atom. The molecule has 3 aromatic rings. The van der Waals surface area contributed by atoms with Crippen LogP contribution in [0.5, 0.6) is 0 Å². The van der Waals surface area contributed by atoms with Crippen LogP contribution >= 0.6 is 0 Å². The van der Waals surface area contributed by atoms with Crippen LogP contribution in [-0.4, -0.2) is 4.57 Å². The van der Waals surface area contributed by atoms with Crippen LogP contribution in [0.3, 0.4) is 0 Å². The van der Waals surface area contributed by atoms with Crippen LogP contribution in [0.2, 0.25) is 0 Å². The molecule has 0 atom stereocenters. The lowest BCUT2D eigenvalue weighted by Crippen LogP contribution is -1.89. The highest BCUT2D eigenvalue weighted by molar-refractivity contribution is 6.01. The molecule has 2 aromatic carbocycles. The Bertz CT molecular complexity index is 880. The number of hydrogen-bond acceptors (Lipinski definition) is 1. The molecule has 0 N–H and O–H groups in total. The van der Waals surface area contributed by atoms with Crippen molar-refractivity contribution < 1.29 is 4.39 Å². The van der Waals surface area contributed by atoms with Crippen molar-refractivity contribution >= 4 is 22.6 Å². The molecule has 0 unspecified atom stereocenters. The Morgan fingerprint density at radius 3 is 2.59 bits per heavy atom. The van der Waals surface area contributed by atoms with Gasteiger partial charge in [-0.3, -0.25) is 0 Å². The van der Waals surface area contributed by atoms with Gasteiger partial charge in [-0.2, -0.15) is 5.26 Å². The van der Waals surface area contributed by atoms with E-state index in [4.69, 9.17) is 0 Å². The molecule has 3 heteroatoms. The monoisotopic (exact) mass is 290 g/mol. The van der Waals surface area contributed by atoms with Crippen LogP contribution in [0.25, 0.3) is 22.6 Å². The molecule has 0 saturated carbocycles. The van der Waals surface area contributed by atoms with Gasteiger partial charge < -0.3 is 4.57 Å². The molecule has 22 heavy (non-hydrogen) atoms. The molecule has 0 radical (unpaired) electrons. The summed E-state index contributed by atoms with van der Waals surface area (Å²) in [6.45, 7) is 2.92. The van der Waals surface area contributed by atoms with Crippen molar-refractivity contribution in [3.8, 4) is 6.07 Å². The Labute approximate surface area is 128 Å². The second-order valence-corrected chi connectivity index (χ2v) is 5.07. The van der Waals surface area contributed by atoms with Gasteiger partial charge in [0.1, 0.15) is 5.82 Å². The molecule has 0 aliphatic rings. The third kappa shape index (κ3) is 2.51. The van der Waals surface area contributed by atoms with Crippen LogP contribution in [0, 0.1) is 17.1 Å². The topological polar surface area (TPSA) is 28.7 Å². The first-order valence-electron chi connectivity index (χ1n) is 7.18. The lowest BCUT2D eigenvalue weighted by Gasteiger charge is -1.98. The fourth-order valence-electron chi connectivity index (χ4n) is 2.62. The lowest BCUT2D eigenvalue weighted by atomic mass is 10.0. The highest BCUT2D eigenvalue weighted by Crippen LogP contribution is 2.28. The highest BCUT2D eigenvalue weighted by atomic mass is 19.1. The summed E-state index contributed by atoms with van der Waals surface area (Å²) in [7, 11) is 0. The number of para-hydroxylation sites is 1. The summed E-state index contributed by atoms with van der Waals surface area (Å²) in [5.41, 5.74) is 3.41. The Kier molecular flexibility index (Phi) is 3.76. The van der Waals surface area contributed by atoms with Gasteiger partial charge in [-0.05, 0) is 36.8 Å². The average molecular weight is 290 g/mol. The molecule has 0 amide bonds. The van der Waals surface area contributed by atoms with Crippen LogP contribution in [0.1, 0.15) is 18.1 Å². The molecule has 3 rings (SSSR count). The van der Waals surface area contributed by atoms with Crippen LogP contribution < -0.4 is 0 Å². The first-order valence-corrected chi connectivity index (χ1v) is 7.18. The molecule has 0 aliphatic heterocycles. The van der Waals surface area contributed by atoms with Gasteiger partial charge in [0, 0.05) is 29.2 Å². The van der Waals surface area contributed by atoms with Crippen molar-refractivity contribution in [2.75, 3.05) is 0 Å². The normalized spacial score (nSPS) is 11.6. The Morgan fingerprint density at radius 2 is 1.91 bits per heavy atom. The van der Waals surface area contributed by atoms with Crippen molar-refractivity contribution in [2.45, 2.75) is 13.5 Å². The molecule has 0 fully saturated rings. The van der Waals surface area contributed by atoms with Gasteiger partial charge in [-0.25, -0.2) is 4.39 Å². The summed E-state index contributed by atoms with van der Waals surface area (Å²) in [5.74, 6) is -0.279. The molecule has 2 nitrogen and oxygen atoms in total. The van der Waals surface area contributed by atoms with E-state index in [9.17, 15) is 9.65 Å². The smallest absolute Gasteiger partial charge is 0.123 e. The molecular formula is C19H15FN2. The summed E-state index contributed by atoms with van der Waals surface area (Å²) in [4.78, 5) is 0. The maximum Gasteiger partial charge on any atom is 0.123 e. The first-order chi connectivity index (χ1) is 10.7. The fourth-order valence-corrected chi connectivity index (χ4v) is 2.62. The molecule has 0 aliphatic carbocycles. The second-order valence-electron chi connectivity index (χ2n) is 5.07. The third-order valence-electron chi connectivity index (χ3n) is 3.72. The maximum absolute atomic E-state index is 13.0. The first kappa shape index (κ1) is 14.1. The number of nitriles is 1. The molecular weight excluding hydrogens is 275 g/mol. The van der Waals surface area contributed by atoms with E-state index in [1.807, 2.05) is 24.4 Å². The standard InChI is InChI=1S/C19H15FN2/c1-2-22-13-18(17-5-3-4-6-19(17)22)15(12-21)11-14-7-9-16(20)10-8-14/h3-11,13H,2H2,1H3/b15-11+. The van der Waals surface area contributed by atoms with Crippen LogP contribution in [0.15, 0.2) is 54.7 Å². The van der Waals surface area contributed by atoms with Gasteiger partial charge in [0.15, 0.2) is 0 Å². The fraction of sp³-hybridized carbons (Fsp3) is 0.105. The van der Waals surface area contributed by atoms with E-state index < -0.39 is 0 Å². The maximum atomic E-state index is 13.0. The van der Waals surface area contributed by atoms with E-state index in [0.717, 1.165) is 28.6 Å². The highest BCUT2D eigenvalue weighted by Gasteiger charge is 2.11. The molecule has 0 bridgehead atoms. The average Bonchev–Trinajstić information content (AvgIpc) is 2.93. The minimum Gasteiger partial charge on any atom is -0.347 e. The summed E-state index contributed by atoms with van der Waals surface area (Å²) in [6, 6.07) is 16.4. The van der Waals surface area contributed by atoms with Gasteiger partial charge in [0.25, 0.3) is 0 Å². The summed E-state index contributed by atoms with van der Waals surface area (Å²) in [5, 5.41) is 10.6. The molecule has 0 spiro atoms. The zero-order valence-corrected chi connectivity index (χ0v) is 12.3. The molecule has 108 valence electrons. The minimum atomic E-state index is -0.279. The summed E-state index contributed by atoms with van der Waals surface area (Å²) in [6.07, 6.45) is 3.80. The summed E-state index contributed by atoms with van der Waals surface area (Å²) < 4.78 is 15.1. The zero-order chi connectivity index (χ0) is 15.5. The quantitative estimate of drug-likeness (QED) is 0.633. The van der Waals surface area contributed by atoms with Gasteiger partial charge in [0.05, 0.1) is 11.6 Å². The second kappa shape index (κ2) is 5.87. The number of aromatic nitrogens is 1. The number of fused-ring (bicyclic) bond motifs is 1. The molecule has 1 heterocycles. The molecule has 1 aromatic heterocycles. The van der Waals surface area contributed by atoms with E-state index in [-0.39, 0.29) is 5.82 Å². The summed E-state index contributed by atoms with van der Waals surface area (Å²) >= 11 is 0. The van der Waals surface area contributed by atoms with E-state index in [1.165, 1.54) is 12.1 Å². The zero-order valence-electron chi connectivity index (χ0n) is 12.3. The third-order valence-corrected chi connectivity index (χ3v) is 3.72. The van der Waals surface area contributed by atoms with Gasteiger partial charge in [0.2, 0.25) is 0 Å². The van der Waals surface area contributed by atoms with Crippen molar-refractivity contribution in [1.82, 2.24) is 4.57 Å². The lowest BCUT2D eigenvalue weighted by molar-refractivity contribution is 0.628. The van der Waals surface area contributed by atoms with Crippen molar-refractivity contribution in [3.05, 3.63) is 71.7 Å². The largest absolute Gasteiger partial charge is 0.347 e. The molecule has 0 saturated heterocycles. The SMILES string of the molecule is CCn1cc(/C(C#N)=C/c2ccc(F)cc2)c2ccccc21. The predicted octanol–water partition coefficient (Wildman–Crippen LogP) is 4.86. The van der Waals surface area contributed by atoms with Crippen LogP contribution in [-0.2, 0) is 6.54 Å². The van der Waals surface area contributed by atoms with Crippen molar-refractivity contribution in [2.24, 2.45) is 0 Å². The van der Waals surface area contributed by atoms with E-state index >= 15 is 0 Å². The van der Waals surface area contributed by atoms with E-state index in [1.54, 1.807) is 18.2 Å². The number of aryl methyl sites for hydroxylation is 1. The Balaban J connectivity index is 2.16. The number of hydrogen-bond donors (Lipinski definition) is 0. The van der Waals surface area contributed by atoms with Gasteiger partial charge in [-0.15, -0.1) is 0 Å². The number of halogens is 1. The minimum absolute atomic E-state index is 0.279. The predicted molar refractivity (Wildman–Crippen MR) is 87.5 cm³/mol. The van der Waals surface area contributed by atoms with Gasteiger partial charge in [-0.1, -0.05) is 30.3 Å². The van der Waals surface area contributed by atoms with Crippen molar-refractivity contribution in [3.63, 3.8) is 0 Å². The number of allylic oxidation sites excluding steroid dienone is 1. The van der Waals surface area contributed by atoms with E-state index in [0.29, 0.717) is 5.57 Å². The number of nitrogens with zero attached hydrogens (tertiary/aromatic N) is 2. The van der Waals surface area contributed by atoms with Crippen molar-refractivity contribution in [1.29, 1.82) is 5.26 Å². The van der Waals surface area contributed by atoms with Crippen LogP contribution in [0.4, 0.5) is 4.39 Å². The Hall–Kier alpha value is -2.86. The van der Waals surface area contributed by atoms with Gasteiger partial charge >= 0.3 is 0 Å².